The van der Waals surface area contributed by atoms with Gasteiger partial charge in [0.2, 0.25) is 5.91 Å². The molecule has 2 rings (SSSR count). The van der Waals surface area contributed by atoms with Crippen molar-refractivity contribution in [2.45, 2.75) is 45.2 Å². The van der Waals surface area contributed by atoms with E-state index in [2.05, 4.69) is 9.72 Å². The standard InChI is InChI=1S/C13H18N2O3S/c1-9-14-10(8-19-9)7-15(11-3-4-11)12(16)5-6-13(17)18-2/h8,11H,3-7H2,1-2H3. The highest BCUT2D eigenvalue weighted by molar-refractivity contribution is 7.09. The highest BCUT2D eigenvalue weighted by atomic mass is 32.1. The van der Waals surface area contributed by atoms with E-state index in [1.165, 1.54) is 7.11 Å². The average molecular weight is 282 g/mol. The van der Waals surface area contributed by atoms with Crippen molar-refractivity contribution in [1.29, 1.82) is 0 Å². The molecule has 19 heavy (non-hydrogen) atoms. The monoisotopic (exact) mass is 282 g/mol. The molecule has 6 heteroatoms. The summed E-state index contributed by atoms with van der Waals surface area (Å²) < 4.78 is 4.56. The first-order valence-corrected chi connectivity index (χ1v) is 7.25. The van der Waals surface area contributed by atoms with Crippen LogP contribution in [0.3, 0.4) is 0 Å². The quantitative estimate of drug-likeness (QED) is 0.748. The average Bonchev–Trinajstić information content (AvgIpc) is 3.16. The lowest BCUT2D eigenvalue weighted by Gasteiger charge is -2.21. The number of rotatable bonds is 6. The number of amides is 1. The van der Waals surface area contributed by atoms with Crippen LogP contribution in [0.5, 0.6) is 0 Å². The molecule has 0 N–H and O–H groups in total. The van der Waals surface area contributed by atoms with E-state index in [0.717, 1.165) is 23.5 Å². The number of aryl methyl sites for hydroxylation is 1. The third kappa shape index (κ3) is 4.02. The summed E-state index contributed by atoms with van der Waals surface area (Å²) in [6.45, 7) is 2.50. The molecule has 1 fully saturated rings. The molecule has 1 saturated carbocycles. The van der Waals surface area contributed by atoms with E-state index in [-0.39, 0.29) is 24.7 Å². The van der Waals surface area contributed by atoms with Crippen LogP contribution in [0.25, 0.3) is 0 Å². The molecule has 1 aliphatic carbocycles. The number of aromatic nitrogens is 1. The summed E-state index contributed by atoms with van der Waals surface area (Å²) in [6, 6.07) is 0.326. The lowest BCUT2D eigenvalue weighted by atomic mass is 10.2. The molecule has 1 aromatic heterocycles. The first-order valence-electron chi connectivity index (χ1n) is 6.37. The second kappa shape index (κ2) is 6.14. The second-order valence-corrected chi connectivity index (χ2v) is 5.75. The molecule has 0 bridgehead atoms. The van der Waals surface area contributed by atoms with Gasteiger partial charge in [0.25, 0.3) is 0 Å². The van der Waals surface area contributed by atoms with Crippen LogP contribution in [-0.2, 0) is 20.9 Å². The minimum absolute atomic E-state index is 0.0125. The Balaban J connectivity index is 1.92. The zero-order valence-electron chi connectivity index (χ0n) is 11.2. The van der Waals surface area contributed by atoms with Gasteiger partial charge in [-0.3, -0.25) is 9.59 Å². The second-order valence-electron chi connectivity index (χ2n) is 4.69. The molecular weight excluding hydrogens is 264 g/mol. The molecule has 0 atom stereocenters. The molecule has 0 radical (unpaired) electrons. The number of methoxy groups -OCH3 is 1. The van der Waals surface area contributed by atoms with Gasteiger partial charge in [0, 0.05) is 17.8 Å². The van der Waals surface area contributed by atoms with E-state index in [1.54, 1.807) is 11.3 Å². The van der Waals surface area contributed by atoms with Crippen molar-refractivity contribution in [1.82, 2.24) is 9.88 Å². The largest absolute Gasteiger partial charge is 0.469 e. The van der Waals surface area contributed by atoms with E-state index in [4.69, 9.17) is 0 Å². The first kappa shape index (κ1) is 14.0. The van der Waals surface area contributed by atoms with Gasteiger partial charge in [0.05, 0.1) is 30.8 Å². The minimum atomic E-state index is -0.339. The predicted octanol–water partition coefficient (Wildman–Crippen LogP) is 1.90. The molecule has 0 aliphatic heterocycles. The molecule has 0 aromatic carbocycles. The van der Waals surface area contributed by atoms with Gasteiger partial charge in [-0.05, 0) is 19.8 Å². The summed E-state index contributed by atoms with van der Waals surface area (Å²) in [5.74, 6) is -0.327. The molecule has 104 valence electrons. The van der Waals surface area contributed by atoms with E-state index < -0.39 is 0 Å². The third-order valence-electron chi connectivity index (χ3n) is 3.08. The number of esters is 1. The molecule has 0 saturated heterocycles. The molecule has 1 amide bonds. The molecule has 5 nitrogen and oxygen atoms in total. The van der Waals surface area contributed by atoms with Crippen LogP contribution in [0.1, 0.15) is 36.4 Å². The predicted molar refractivity (Wildman–Crippen MR) is 71.7 cm³/mol. The number of thiazole rings is 1. The summed E-state index contributed by atoms with van der Waals surface area (Å²) in [5, 5.41) is 2.99. The van der Waals surface area contributed by atoms with Gasteiger partial charge in [-0.25, -0.2) is 4.98 Å². The normalized spacial score (nSPS) is 14.2. The van der Waals surface area contributed by atoms with Crippen molar-refractivity contribution in [2.75, 3.05) is 7.11 Å². The zero-order valence-corrected chi connectivity index (χ0v) is 12.0. The molecule has 0 unspecified atom stereocenters. The fraction of sp³-hybridized carbons (Fsp3) is 0.615. The maximum Gasteiger partial charge on any atom is 0.306 e. The fourth-order valence-electron chi connectivity index (χ4n) is 1.92. The maximum absolute atomic E-state index is 12.2. The van der Waals surface area contributed by atoms with E-state index >= 15 is 0 Å². The Labute approximate surface area is 116 Å². The van der Waals surface area contributed by atoms with Gasteiger partial charge in [0.15, 0.2) is 0 Å². The van der Waals surface area contributed by atoms with Crippen LogP contribution in [0.15, 0.2) is 5.38 Å². The van der Waals surface area contributed by atoms with E-state index in [9.17, 15) is 9.59 Å². The van der Waals surface area contributed by atoms with Gasteiger partial charge >= 0.3 is 5.97 Å². The van der Waals surface area contributed by atoms with E-state index in [0.29, 0.717) is 12.6 Å². The summed E-state index contributed by atoms with van der Waals surface area (Å²) >= 11 is 1.59. The number of carbonyl (C=O) groups is 2. The van der Waals surface area contributed by atoms with Gasteiger partial charge in [-0.1, -0.05) is 0 Å². The maximum atomic E-state index is 12.2. The summed E-state index contributed by atoms with van der Waals surface area (Å²) in [7, 11) is 1.34. The Bertz CT molecular complexity index is 468. The summed E-state index contributed by atoms with van der Waals surface area (Å²) in [6.07, 6.45) is 2.46. The Morgan fingerprint density at radius 1 is 1.47 bits per heavy atom. The van der Waals surface area contributed by atoms with Gasteiger partial charge in [0.1, 0.15) is 0 Å². The van der Waals surface area contributed by atoms with Crippen molar-refractivity contribution in [2.24, 2.45) is 0 Å². The van der Waals surface area contributed by atoms with Crippen molar-refractivity contribution in [3.8, 4) is 0 Å². The van der Waals surface area contributed by atoms with Gasteiger partial charge in [-0.2, -0.15) is 0 Å². The molecule has 1 heterocycles. The number of hydrogen-bond donors (Lipinski definition) is 0. The van der Waals surface area contributed by atoms with Gasteiger partial charge in [-0.15, -0.1) is 11.3 Å². The van der Waals surface area contributed by atoms with Crippen molar-refractivity contribution in [3.05, 3.63) is 16.1 Å². The van der Waals surface area contributed by atoms with Crippen LogP contribution >= 0.6 is 11.3 Å². The summed E-state index contributed by atoms with van der Waals surface area (Å²) in [5.41, 5.74) is 0.931. The molecule has 0 spiro atoms. The van der Waals surface area contributed by atoms with Crippen LogP contribution in [-0.4, -0.2) is 34.9 Å². The Kier molecular flexibility index (Phi) is 4.52. The highest BCUT2D eigenvalue weighted by Gasteiger charge is 2.32. The lowest BCUT2D eigenvalue weighted by molar-refractivity contribution is -0.143. The molecule has 1 aliphatic rings. The number of ether oxygens (including phenoxy) is 1. The Morgan fingerprint density at radius 2 is 2.21 bits per heavy atom. The number of carbonyl (C=O) groups excluding carboxylic acids is 2. The number of hydrogen-bond acceptors (Lipinski definition) is 5. The van der Waals surface area contributed by atoms with Crippen LogP contribution in [0.4, 0.5) is 0 Å². The van der Waals surface area contributed by atoms with E-state index in [1.807, 2.05) is 17.2 Å². The van der Waals surface area contributed by atoms with Crippen molar-refractivity contribution >= 4 is 23.2 Å². The topological polar surface area (TPSA) is 59.5 Å². The molecule has 1 aromatic rings. The minimum Gasteiger partial charge on any atom is -0.469 e. The van der Waals surface area contributed by atoms with Crippen LogP contribution in [0.2, 0.25) is 0 Å². The number of nitrogens with zero attached hydrogens (tertiary/aromatic N) is 2. The van der Waals surface area contributed by atoms with Gasteiger partial charge < -0.3 is 9.64 Å². The molecular formula is C13H18N2O3S. The lowest BCUT2D eigenvalue weighted by Crippen LogP contribution is -2.33. The van der Waals surface area contributed by atoms with Crippen molar-refractivity contribution in [3.63, 3.8) is 0 Å². The SMILES string of the molecule is COC(=O)CCC(=O)N(Cc1csc(C)n1)C1CC1. The van der Waals surface area contributed by atoms with Crippen molar-refractivity contribution < 1.29 is 14.3 Å². The fourth-order valence-corrected chi connectivity index (χ4v) is 2.52. The smallest absolute Gasteiger partial charge is 0.306 e. The van der Waals surface area contributed by atoms with Crippen LogP contribution < -0.4 is 0 Å². The Hall–Kier alpha value is -1.43. The first-order chi connectivity index (χ1) is 9.10. The highest BCUT2D eigenvalue weighted by Crippen LogP contribution is 2.29. The van der Waals surface area contributed by atoms with Crippen LogP contribution in [0, 0.1) is 6.92 Å². The Morgan fingerprint density at radius 3 is 2.74 bits per heavy atom. The summed E-state index contributed by atoms with van der Waals surface area (Å²) in [4.78, 5) is 29.5. The third-order valence-corrected chi connectivity index (χ3v) is 3.90. The zero-order chi connectivity index (χ0) is 13.8.